The Morgan fingerprint density at radius 2 is 2.00 bits per heavy atom. The quantitative estimate of drug-likeness (QED) is 0.486. The van der Waals surface area contributed by atoms with Gasteiger partial charge in [-0.3, -0.25) is 0 Å². The van der Waals surface area contributed by atoms with Gasteiger partial charge in [-0.05, 0) is 0 Å². The van der Waals surface area contributed by atoms with Gasteiger partial charge in [0.05, 0.1) is 0 Å². The van der Waals surface area contributed by atoms with Gasteiger partial charge in [0.1, 0.15) is 6.71 Å². The zero-order chi connectivity index (χ0) is 7.61. The van der Waals surface area contributed by atoms with Crippen LogP contribution in [0, 0.1) is 0 Å². The molecule has 0 unspecified atom stereocenters. The van der Waals surface area contributed by atoms with Gasteiger partial charge in [0, 0.05) is 0 Å². The first-order valence-corrected chi connectivity index (χ1v) is 4.67. The highest BCUT2D eigenvalue weighted by atomic mass is 14.2. The van der Waals surface area contributed by atoms with Gasteiger partial charge < -0.3 is 0 Å². The van der Waals surface area contributed by atoms with Crippen molar-refractivity contribution in [2.24, 2.45) is 0 Å². The van der Waals surface area contributed by atoms with Crippen LogP contribution in [0.4, 0.5) is 0 Å². The standard InChI is InChI=1S/C9H19B/c1-4-10-8-6-5-7-9(10,2)3/h4-8H2,1-3H3. The van der Waals surface area contributed by atoms with Crippen LogP contribution in [0.3, 0.4) is 0 Å². The van der Waals surface area contributed by atoms with E-state index in [1.807, 2.05) is 0 Å². The molecule has 0 atom stereocenters. The summed E-state index contributed by atoms with van der Waals surface area (Å²) in [5.74, 6) is 0. The number of rotatable bonds is 1. The number of hydrogen-bond acceptors (Lipinski definition) is 0. The lowest BCUT2D eigenvalue weighted by atomic mass is 9.28. The van der Waals surface area contributed by atoms with Gasteiger partial charge in [-0.15, -0.1) is 0 Å². The SMILES string of the molecule is CCB1CCCCC1(C)C. The molecule has 0 aromatic heterocycles. The first-order chi connectivity index (χ1) is 4.67. The second kappa shape index (κ2) is 2.98. The second-order valence-electron chi connectivity index (χ2n) is 4.34. The maximum absolute atomic E-state index is 2.43. The van der Waals surface area contributed by atoms with Gasteiger partial charge in [-0.2, -0.15) is 0 Å². The summed E-state index contributed by atoms with van der Waals surface area (Å²) >= 11 is 0. The lowest BCUT2D eigenvalue weighted by molar-refractivity contribution is 0.519. The molecule has 0 bridgehead atoms. The smallest absolute Gasteiger partial charge is 0.0766 e. The number of hydrogen-bond donors (Lipinski definition) is 0. The Labute approximate surface area is 65.5 Å². The second-order valence-corrected chi connectivity index (χ2v) is 4.34. The molecule has 1 aliphatic heterocycles. The summed E-state index contributed by atoms with van der Waals surface area (Å²) in [6.45, 7) is 8.19. The van der Waals surface area contributed by atoms with Crippen molar-refractivity contribution in [3.05, 3.63) is 0 Å². The van der Waals surface area contributed by atoms with Crippen molar-refractivity contribution in [3.63, 3.8) is 0 Å². The minimum absolute atomic E-state index is 0.646. The molecule has 1 saturated heterocycles. The van der Waals surface area contributed by atoms with E-state index in [0.29, 0.717) is 5.31 Å². The van der Waals surface area contributed by atoms with Crippen molar-refractivity contribution >= 4 is 6.71 Å². The average molecular weight is 138 g/mol. The predicted molar refractivity (Wildman–Crippen MR) is 48.9 cm³/mol. The third kappa shape index (κ3) is 1.56. The fraction of sp³-hybridized carbons (Fsp3) is 1.00. The fourth-order valence-electron chi connectivity index (χ4n) is 2.32. The van der Waals surface area contributed by atoms with E-state index in [1.165, 1.54) is 31.9 Å². The molecule has 0 saturated carbocycles. The maximum atomic E-state index is 2.43. The van der Waals surface area contributed by atoms with Crippen molar-refractivity contribution in [1.29, 1.82) is 0 Å². The molecule has 1 heterocycles. The van der Waals surface area contributed by atoms with E-state index >= 15 is 0 Å². The van der Waals surface area contributed by atoms with Crippen molar-refractivity contribution in [2.45, 2.75) is 58.0 Å². The molecule has 0 spiro atoms. The monoisotopic (exact) mass is 138 g/mol. The van der Waals surface area contributed by atoms with Crippen LogP contribution in [0.25, 0.3) is 0 Å². The Hall–Kier alpha value is 0.0649. The Balaban J connectivity index is 2.51. The topological polar surface area (TPSA) is 0 Å². The van der Waals surface area contributed by atoms with Crippen LogP contribution in [-0.4, -0.2) is 6.71 Å². The van der Waals surface area contributed by atoms with Crippen molar-refractivity contribution < 1.29 is 0 Å². The van der Waals surface area contributed by atoms with Crippen LogP contribution >= 0.6 is 0 Å². The third-order valence-corrected chi connectivity index (χ3v) is 3.22. The van der Waals surface area contributed by atoms with Gasteiger partial charge in [0.2, 0.25) is 0 Å². The summed E-state index contributed by atoms with van der Waals surface area (Å²) in [6.07, 6.45) is 7.24. The Kier molecular flexibility index (Phi) is 2.43. The molecule has 58 valence electrons. The molecule has 10 heavy (non-hydrogen) atoms. The van der Waals surface area contributed by atoms with Crippen LogP contribution < -0.4 is 0 Å². The molecule has 1 rings (SSSR count). The Morgan fingerprint density at radius 1 is 1.30 bits per heavy atom. The summed E-state index contributed by atoms with van der Waals surface area (Å²) < 4.78 is 0. The molecule has 0 N–H and O–H groups in total. The molecule has 0 radical (unpaired) electrons. The van der Waals surface area contributed by atoms with Gasteiger partial charge in [0.25, 0.3) is 0 Å². The molecule has 1 heteroatoms. The van der Waals surface area contributed by atoms with Crippen LogP contribution in [0.2, 0.25) is 18.0 Å². The third-order valence-electron chi connectivity index (χ3n) is 3.22. The first kappa shape index (κ1) is 8.16. The zero-order valence-electron chi connectivity index (χ0n) is 7.61. The van der Waals surface area contributed by atoms with E-state index in [2.05, 4.69) is 20.8 Å². The van der Waals surface area contributed by atoms with E-state index in [4.69, 9.17) is 0 Å². The van der Waals surface area contributed by atoms with Crippen molar-refractivity contribution in [2.75, 3.05) is 0 Å². The fourth-order valence-corrected chi connectivity index (χ4v) is 2.32. The van der Waals surface area contributed by atoms with E-state index in [0.717, 1.165) is 6.71 Å². The predicted octanol–water partition coefficient (Wildman–Crippen LogP) is 3.47. The van der Waals surface area contributed by atoms with E-state index < -0.39 is 0 Å². The van der Waals surface area contributed by atoms with Crippen molar-refractivity contribution in [1.82, 2.24) is 0 Å². The van der Waals surface area contributed by atoms with Crippen LogP contribution in [0.5, 0.6) is 0 Å². The maximum Gasteiger partial charge on any atom is 0.145 e. The summed E-state index contributed by atoms with van der Waals surface area (Å²) in [7, 11) is 0. The molecular formula is C9H19B. The highest BCUT2D eigenvalue weighted by Crippen LogP contribution is 2.42. The van der Waals surface area contributed by atoms with Gasteiger partial charge in [0.15, 0.2) is 0 Å². The van der Waals surface area contributed by atoms with Gasteiger partial charge >= 0.3 is 0 Å². The lowest BCUT2D eigenvalue weighted by Gasteiger charge is -2.35. The molecule has 0 aromatic carbocycles. The largest absolute Gasteiger partial charge is 0.145 e. The summed E-state index contributed by atoms with van der Waals surface area (Å²) in [6, 6.07) is 0. The van der Waals surface area contributed by atoms with Gasteiger partial charge in [-0.1, -0.05) is 58.0 Å². The molecule has 1 fully saturated rings. The minimum atomic E-state index is 0.646. The molecule has 0 nitrogen and oxygen atoms in total. The highest BCUT2D eigenvalue weighted by Gasteiger charge is 2.33. The van der Waals surface area contributed by atoms with Gasteiger partial charge in [-0.25, -0.2) is 0 Å². The van der Waals surface area contributed by atoms with E-state index in [1.54, 1.807) is 0 Å². The van der Waals surface area contributed by atoms with E-state index in [-0.39, 0.29) is 0 Å². The van der Waals surface area contributed by atoms with E-state index in [9.17, 15) is 0 Å². The molecule has 1 aliphatic rings. The molecule has 0 amide bonds. The van der Waals surface area contributed by atoms with Crippen molar-refractivity contribution in [3.8, 4) is 0 Å². The van der Waals surface area contributed by atoms with Crippen LogP contribution in [0.15, 0.2) is 0 Å². The minimum Gasteiger partial charge on any atom is -0.0766 e. The zero-order valence-corrected chi connectivity index (χ0v) is 7.61. The van der Waals surface area contributed by atoms with Crippen LogP contribution in [-0.2, 0) is 0 Å². The molecular weight excluding hydrogens is 119 g/mol. The Bertz CT molecular complexity index is 107. The summed E-state index contributed by atoms with van der Waals surface area (Å²) in [5.41, 5.74) is 0. The Morgan fingerprint density at radius 3 is 2.40 bits per heavy atom. The summed E-state index contributed by atoms with van der Waals surface area (Å²) in [4.78, 5) is 0. The van der Waals surface area contributed by atoms with Crippen LogP contribution in [0.1, 0.15) is 40.0 Å². The first-order valence-electron chi connectivity index (χ1n) is 4.67. The highest BCUT2D eigenvalue weighted by molar-refractivity contribution is 6.62. The molecule has 0 aliphatic carbocycles. The molecule has 0 aromatic rings. The average Bonchev–Trinajstić information content (AvgIpc) is 1.87. The normalized spacial score (nSPS) is 24.9. The summed E-state index contributed by atoms with van der Waals surface area (Å²) in [5, 5.41) is 0.646. The lowest BCUT2D eigenvalue weighted by Crippen LogP contribution is -2.30.